The number of nitrogens with one attached hydrogen (secondary N) is 3. The molecule has 1 saturated heterocycles. The van der Waals surface area contributed by atoms with Gasteiger partial charge in [0.15, 0.2) is 0 Å². The van der Waals surface area contributed by atoms with Crippen LogP contribution in [-0.4, -0.2) is 62.6 Å². The highest BCUT2D eigenvalue weighted by Crippen LogP contribution is 2.36. The minimum absolute atomic E-state index is 0.324. The van der Waals surface area contributed by atoms with Crippen molar-refractivity contribution >= 4 is 27.5 Å². The van der Waals surface area contributed by atoms with E-state index in [4.69, 9.17) is 4.74 Å². The van der Waals surface area contributed by atoms with Crippen LogP contribution in [0, 0.1) is 11.7 Å². The van der Waals surface area contributed by atoms with Gasteiger partial charge in [-0.1, -0.05) is 32.0 Å². The Balaban J connectivity index is 1.18. The molecule has 0 bridgehead atoms. The molecule has 1 aliphatic heterocycles. The molecule has 236 valence electrons. The van der Waals surface area contributed by atoms with Crippen LogP contribution in [0.4, 0.5) is 10.1 Å². The zero-order valence-corrected chi connectivity index (χ0v) is 26.2. The second-order valence-electron chi connectivity index (χ2n) is 12.6. The molecule has 4 N–H and O–H groups in total. The first-order chi connectivity index (χ1) is 22.4. The first kappa shape index (κ1) is 30.0. The van der Waals surface area contributed by atoms with Crippen molar-refractivity contribution in [1.29, 1.82) is 0 Å². The van der Waals surface area contributed by atoms with Gasteiger partial charge in [-0.05, 0) is 97.4 Å². The molecule has 1 aliphatic rings. The Bertz CT molecular complexity index is 1980. The minimum atomic E-state index is -0.641. The van der Waals surface area contributed by atoms with E-state index in [2.05, 4.69) is 56.4 Å². The maximum absolute atomic E-state index is 14.8. The number of hydrogen-bond donors (Lipinski definition) is 4. The Hall–Kier alpha value is -4.73. The lowest BCUT2D eigenvalue weighted by atomic mass is 10.0. The average molecular weight is 619 g/mol. The summed E-state index contributed by atoms with van der Waals surface area (Å²) in [6, 6.07) is 21.2. The molecule has 0 amide bonds. The van der Waals surface area contributed by atoms with E-state index in [0.717, 1.165) is 80.8 Å². The molecule has 3 aromatic carbocycles. The van der Waals surface area contributed by atoms with E-state index in [1.165, 1.54) is 18.9 Å². The van der Waals surface area contributed by atoms with Crippen molar-refractivity contribution in [1.82, 2.24) is 25.1 Å². The number of fused-ring (bicyclic) bond motifs is 2. The highest BCUT2D eigenvalue weighted by Gasteiger charge is 2.16. The Morgan fingerprint density at radius 2 is 1.80 bits per heavy atom. The van der Waals surface area contributed by atoms with Crippen LogP contribution < -0.4 is 10.1 Å². The molecular formula is C37H39FN6O2. The minimum Gasteiger partial charge on any atom is -0.492 e. The summed E-state index contributed by atoms with van der Waals surface area (Å²) in [5, 5.41) is 23.3. The number of aromatic amines is 2. The normalized spacial score (nSPS) is 14.5. The van der Waals surface area contributed by atoms with Crippen LogP contribution in [0.15, 0.2) is 79.1 Å². The maximum Gasteiger partial charge on any atom is 0.127 e. The standard InChI is InChI=1S/C37H39FN6O2/c1-23(2)14-36(45)40-28-16-26(21-39-22-28)24-8-9-34-32(18-24)37(43-42-34)35-20-31-30(6-5-7-33(31)41-35)25-15-27(38)19-29(17-25)46-13-12-44-10-3-4-11-44/h5-9,15-23,36,40-41,45H,3-4,10-14H2,1-2H3,(H,42,43). The van der Waals surface area contributed by atoms with Gasteiger partial charge in [-0.25, -0.2) is 4.39 Å². The molecule has 7 rings (SSSR count). The van der Waals surface area contributed by atoms with E-state index < -0.39 is 6.23 Å². The van der Waals surface area contributed by atoms with Gasteiger partial charge in [-0.2, -0.15) is 5.10 Å². The maximum atomic E-state index is 14.8. The molecule has 6 aromatic rings. The summed E-state index contributed by atoms with van der Waals surface area (Å²) in [7, 11) is 0. The summed E-state index contributed by atoms with van der Waals surface area (Å²) < 4.78 is 20.8. The number of H-pyrrole nitrogens is 2. The van der Waals surface area contributed by atoms with Crippen LogP contribution in [0.5, 0.6) is 5.75 Å². The summed E-state index contributed by atoms with van der Waals surface area (Å²) in [6.45, 7) is 7.75. The second kappa shape index (κ2) is 12.9. The number of rotatable bonds is 11. The van der Waals surface area contributed by atoms with E-state index in [1.54, 1.807) is 12.3 Å². The number of benzene rings is 3. The van der Waals surface area contributed by atoms with Crippen molar-refractivity contribution in [3.8, 4) is 39.4 Å². The number of pyridine rings is 1. The van der Waals surface area contributed by atoms with Gasteiger partial charge in [-0.3, -0.25) is 15.0 Å². The van der Waals surface area contributed by atoms with E-state index >= 15 is 0 Å². The molecule has 0 spiro atoms. The predicted octanol–water partition coefficient (Wildman–Crippen LogP) is 7.83. The number of halogens is 1. The van der Waals surface area contributed by atoms with Crippen LogP contribution in [0.2, 0.25) is 0 Å². The van der Waals surface area contributed by atoms with Crippen molar-refractivity contribution in [2.24, 2.45) is 5.92 Å². The fraction of sp³-hybridized carbons (Fsp3) is 0.297. The number of anilines is 1. The molecule has 3 aromatic heterocycles. The van der Waals surface area contributed by atoms with Gasteiger partial charge >= 0.3 is 0 Å². The fourth-order valence-electron chi connectivity index (χ4n) is 6.41. The van der Waals surface area contributed by atoms with Crippen molar-refractivity contribution < 1.29 is 14.2 Å². The lowest BCUT2D eigenvalue weighted by Gasteiger charge is -2.16. The number of nitrogens with zero attached hydrogens (tertiary/aromatic N) is 3. The number of ether oxygens (including phenoxy) is 1. The first-order valence-electron chi connectivity index (χ1n) is 16.1. The third-order valence-electron chi connectivity index (χ3n) is 8.64. The third kappa shape index (κ3) is 6.47. The fourth-order valence-corrected chi connectivity index (χ4v) is 6.41. The van der Waals surface area contributed by atoms with Gasteiger partial charge in [0.05, 0.1) is 23.1 Å². The lowest BCUT2D eigenvalue weighted by Crippen LogP contribution is -2.25. The Kier molecular flexibility index (Phi) is 8.43. The number of likely N-dealkylation sites (tertiary alicyclic amines) is 1. The molecule has 1 atom stereocenters. The van der Waals surface area contributed by atoms with E-state index in [-0.39, 0.29) is 5.82 Å². The van der Waals surface area contributed by atoms with Gasteiger partial charge in [0.25, 0.3) is 0 Å². The van der Waals surface area contributed by atoms with E-state index in [0.29, 0.717) is 24.7 Å². The molecule has 4 heterocycles. The second-order valence-corrected chi connectivity index (χ2v) is 12.6. The van der Waals surface area contributed by atoms with Gasteiger partial charge < -0.3 is 20.1 Å². The van der Waals surface area contributed by atoms with Crippen LogP contribution >= 0.6 is 0 Å². The molecule has 46 heavy (non-hydrogen) atoms. The molecule has 0 aliphatic carbocycles. The van der Waals surface area contributed by atoms with Crippen LogP contribution in [-0.2, 0) is 0 Å². The third-order valence-corrected chi connectivity index (χ3v) is 8.64. The summed E-state index contributed by atoms with van der Waals surface area (Å²) in [5.41, 5.74) is 7.85. The Morgan fingerprint density at radius 1 is 0.935 bits per heavy atom. The van der Waals surface area contributed by atoms with Crippen LogP contribution in [0.25, 0.3) is 55.4 Å². The van der Waals surface area contributed by atoms with Crippen molar-refractivity contribution in [2.75, 3.05) is 31.6 Å². The van der Waals surface area contributed by atoms with E-state index in [1.807, 2.05) is 48.7 Å². The zero-order chi connectivity index (χ0) is 31.6. The lowest BCUT2D eigenvalue weighted by molar-refractivity contribution is 0.176. The van der Waals surface area contributed by atoms with Crippen LogP contribution in [0.3, 0.4) is 0 Å². The van der Waals surface area contributed by atoms with Crippen molar-refractivity contribution in [2.45, 2.75) is 39.3 Å². The predicted molar refractivity (Wildman–Crippen MR) is 182 cm³/mol. The van der Waals surface area contributed by atoms with Gasteiger partial charge in [0.2, 0.25) is 0 Å². The monoisotopic (exact) mass is 618 g/mol. The molecule has 8 nitrogen and oxygen atoms in total. The number of hydrogen-bond acceptors (Lipinski definition) is 6. The summed E-state index contributed by atoms with van der Waals surface area (Å²) in [5.74, 6) is 0.586. The summed E-state index contributed by atoms with van der Waals surface area (Å²) in [4.78, 5) is 10.3. The molecule has 1 fully saturated rings. The number of aliphatic hydroxyl groups excluding tert-OH is 1. The topological polar surface area (TPSA) is 102 Å². The largest absolute Gasteiger partial charge is 0.492 e. The quantitative estimate of drug-likeness (QED) is 0.110. The highest BCUT2D eigenvalue weighted by molar-refractivity contribution is 6.02. The molecule has 0 radical (unpaired) electrons. The average Bonchev–Trinajstić information content (AvgIpc) is 3.80. The molecule has 0 saturated carbocycles. The Morgan fingerprint density at radius 3 is 2.65 bits per heavy atom. The summed E-state index contributed by atoms with van der Waals surface area (Å²) in [6.07, 6.45) is 6.01. The van der Waals surface area contributed by atoms with Crippen molar-refractivity contribution in [3.05, 3.63) is 84.9 Å². The van der Waals surface area contributed by atoms with Crippen molar-refractivity contribution in [3.63, 3.8) is 0 Å². The molecule has 1 unspecified atom stereocenters. The van der Waals surface area contributed by atoms with Gasteiger partial charge in [0.1, 0.15) is 30.1 Å². The SMILES string of the molecule is CC(C)CC(O)Nc1cncc(-c2ccc3[nH]nc(-c4cc5c(-c6cc(F)cc(OCCN7CCCC7)c6)cccc5[nH]4)c3c2)c1. The molecule has 9 heteroatoms. The van der Waals surface area contributed by atoms with E-state index in [9.17, 15) is 9.50 Å². The summed E-state index contributed by atoms with van der Waals surface area (Å²) >= 11 is 0. The van der Waals surface area contributed by atoms with Gasteiger partial charge in [0, 0.05) is 40.7 Å². The van der Waals surface area contributed by atoms with Crippen LogP contribution in [0.1, 0.15) is 33.1 Å². The smallest absolute Gasteiger partial charge is 0.127 e. The zero-order valence-electron chi connectivity index (χ0n) is 26.2. The first-order valence-corrected chi connectivity index (χ1v) is 16.1. The number of aliphatic hydroxyl groups is 1. The molecular weight excluding hydrogens is 579 g/mol. The highest BCUT2D eigenvalue weighted by atomic mass is 19.1. The van der Waals surface area contributed by atoms with Gasteiger partial charge in [-0.15, -0.1) is 0 Å². The Labute approximate surface area is 267 Å². The number of aromatic nitrogens is 4.